The monoisotopic (exact) mass is 267 g/mol. The van der Waals surface area contributed by atoms with E-state index in [2.05, 4.69) is 0 Å². The van der Waals surface area contributed by atoms with Crippen molar-refractivity contribution in [2.24, 2.45) is 0 Å². The van der Waals surface area contributed by atoms with Crippen LogP contribution in [0.4, 0.5) is 0 Å². The molecule has 0 aliphatic carbocycles. The SMILES string of the molecule is CCOC1CC(P(=O)(OCC)OCC)=[N+]([O-])O1. The molecule has 0 amide bonds. The van der Waals surface area contributed by atoms with Gasteiger partial charge in [0.1, 0.15) is 0 Å². The maximum absolute atomic E-state index is 12.3. The molecule has 1 aliphatic heterocycles. The lowest BCUT2D eigenvalue weighted by Gasteiger charge is -2.12. The Kier molecular flexibility index (Phi) is 5.39. The highest BCUT2D eigenvalue weighted by Gasteiger charge is 2.46. The summed E-state index contributed by atoms with van der Waals surface area (Å²) in [6, 6.07) is 0. The second kappa shape index (κ2) is 6.35. The first-order valence-electron chi connectivity index (χ1n) is 5.58. The first-order chi connectivity index (χ1) is 8.07. The van der Waals surface area contributed by atoms with Crippen molar-refractivity contribution < 1.29 is 28.1 Å². The molecule has 0 aromatic rings. The molecule has 0 N–H and O–H groups in total. The van der Waals surface area contributed by atoms with E-state index in [1.54, 1.807) is 20.8 Å². The minimum absolute atomic E-state index is 0.0420. The molecule has 0 saturated carbocycles. The Hall–Kier alpha value is -0.620. The van der Waals surface area contributed by atoms with Crippen LogP contribution in [0.5, 0.6) is 0 Å². The molecular weight excluding hydrogens is 249 g/mol. The topological polar surface area (TPSA) is 80.1 Å². The van der Waals surface area contributed by atoms with Crippen LogP contribution in [0.2, 0.25) is 0 Å². The van der Waals surface area contributed by atoms with Crippen molar-refractivity contribution in [2.45, 2.75) is 33.5 Å². The molecule has 1 heterocycles. The van der Waals surface area contributed by atoms with Gasteiger partial charge in [-0.15, -0.1) is 0 Å². The Balaban J connectivity index is 2.81. The molecule has 100 valence electrons. The number of rotatable bonds is 7. The van der Waals surface area contributed by atoms with Crippen LogP contribution < -0.4 is 0 Å². The van der Waals surface area contributed by atoms with E-state index in [0.717, 1.165) is 0 Å². The molecule has 7 nitrogen and oxygen atoms in total. The highest BCUT2D eigenvalue weighted by Crippen LogP contribution is 2.52. The van der Waals surface area contributed by atoms with E-state index >= 15 is 0 Å². The standard InChI is InChI=1S/C9H18NO6P/c1-4-13-9-7-8(10(11)16-9)17(12,14-5-2)15-6-3/h9H,4-7H2,1-3H3. The normalized spacial score (nSPS) is 20.8. The number of hydrogen-bond acceptors (Lipinski definition) is 6. The zero-order valence-corrected chi connectivity index (χ0v) is 11.1. The first-order valence-corrected chi connectivity index (χ1v) is 7.12. The highest BCUT2D eigenvalue weighted by atomic mass is 31.2. The van der Waals surface area contributed by atoms with E-state index in [1.807, 2.05) is 0 Å². The van der Waals surface area contributed by atoms with E-state index in [4.69, 9.17) is 18.6 Å². The summed E-state index contributed by atoms with van der Waals surface area (Å²) in [4.78, 5) is 5.03. The summed E-state index contributed by atoms with van der Waals surface area (Å²) < 4.78 is 27.6. The molecule has 0 aromatic carbocycles. The van der Waals surface area contributed by atoms with Crippen molar-refractivity contribution >= 4 is 13.0 Å². The number of hydrogen-bond donors (Lipinski definition) is 0. The van der Waals surface area contributed by atoms with Gasteiger partial charge in [0, 0.05) is 6.61 Å². The Morgan fingerprint density at radius 1 is 1.35 bits per heavy atom. The predicted molar refractivity (Wildman–Crippen MR) is 60.6 cm³/mol. The molecule has 0 radical (unpaired) electrons. The fourth-order valence-corrected chi connectivity index (χ4v) is 3.11. The minimum atomic E-state index is -3.56. The van der Waals surface area contributed by atoms with Gasteiger partial charge < -0.3 is 18.6 Å². The fraction of sp³-hybridized carbons (Fsp3) is 0.889. The molecule has 1 aliphatic rings. The van der Waals surface area contributed by atoms with Crippen molar-refractivity contribution in [3.63, 3.8) is 0 Å². The summed E-state index contributed by atoms with van der Waals surface area (Å²) in [6.45, 7) is 5.91. The lowest BCUT2D eigenvalue weighted by atomic mass is 10.5. The second-order valence-electron chi connectivity index (χ2n) is 3.20. The van der Waals surface area contributed by atoms with Gasteiger partial charge in [-0.1, -0.05) is 0 Å². The molecule has 0 spiro atoms. The summed E-state index contributed by atoms with van der Waals surface area (Å²) in [5, 5.41) is 11.5. The third-order valence-electron chi connectivity index (χ3n) is 2.04. The van der Waals surface area contributed by atoms with Gasteiger partial charge in [0.15, 0.2) is 6.29 Å². The van der Waals surface area contributed by atoms with Crippen LogP contribution in [0, 0.1) is 5.21 Å². The van der Waals surface area contributed by atoms with Crippen LogP contribution in [0.25, 0.3) is 0 Å². The zero-order valence-electron chi connectivity index (χ0n) is 10.2. The lowest BCUT2D eigenvalue weighted by molar-refractivity contribution is -0.751. The molecule has 17 heavy (non-hydrogen) atoms. The molecular formula is C9H18NO6P. The van der Waals surface area contributed by atoms with Gasteiger partial charge in [0.2, 0.25) is 0 Å². The third kappa shape index (κ3) is 3.42. The third-order valence-corrected chi connectivity index (χ3v) is 4.21. The lowest BCUT2D eigenvalue weighted by Crippen LogP contribution is -2.13. The molecule has 1 atom stereocenters. The smallest absolute Gasteiger partial charge is 0.371 e. The van der Waals surface area contributed by atoms with Crippen molar-refractivity contribution in [2.75, 3.05) is 19.8 Å². The van der Waals surface area contributed by atoms with E-state index in [9.17, 15) is 9.77 Å². The van der Waals surface area contributed by atoms with Crippen LogP contribution in [-0.2, 0) is 23.2 Å². The first kappa shape index (κ1) is 14.4. The molecule has 0 saturated heterocycles. The van der Waals surface area contributed by atoms with Gasteiger partial charge in [0.05, 0.1) is 24.5 Å². The average Bonchev–Trinajstić information content (AvgIpc) is 2.61. The Morgan fingerprint density at radius 3 is 2.41 bits per heavy atom. The van der Waals surface area contributed by atoms with Crippen LogP contribution in [0.3, 0.4) is 0 Å². The predicted octanol–water partition coefficient (Wildman–Crippen LogP) is 1.86. The Morgan fingerprint density at radius 2 is 1.94 bits per heavy atom. The quantitative estimate of drug-likeness (QED) is 0.517. The molecule has 0 aromatic heterocycles. The summed E-state index contributed by atoms with van der Waals surface area (Å²) >= 11 is 0. The number of nitrogens with zero attached hydrogens (tertiary/aromatic N) is 1. The highest BCUT2D eigenvalue weighted by molar-refractivity contribution is 7.71. The van der Waals surface area contributed by atoms with E-state index in [0.29, 0.717) is 6.61 Å². The van der Waals surface area contributed by atoms with Crippen molar-refractivity contribution in [1.29, 1.82) is 0 Å². The van der Waals surface area contributed by atoms with Gasteiger partial charge in [-0.05, 0) is 20.8 Å². The van der Waals surface area contributed by atoms with Gasteiger partial charge in [-0.3, -0.25) is 5.21 Å². The number of ether oxygens (including phenoxy) is 1. The van der Waals surface area contributed by atoms with Gasteiger partial charge in [0.25, 0.3) is 0 Å². The van der Waals surface area contributed by atoms with Crippen LogP contribution in [-0.4, -0.2) is 36.5 Å². The van der Waals surface area contributed by atoms with E-state index < -0.39 is 13.9 Å². The maximum Gasteiger partial charge on any atom is 0.426 e. The Bertz CT molecular complexity index is 321. The Labute approximate surface area is 100 Å². The van der Waals surface area contributed by atoms with Crippen molar-refractivity contribution in [3.05, 3.63) is 5.21 Å². The molecule has 1 unspecified atom stereocenters. The summed E-state index contributed by atoms with van der Waals surface area (Å²) in [6.07, 6.45) is -0.629. The zero-order chi connectivity index (χ0) is 12.9. The minimum Gasteiger partial charge on any atom is -0.371 e. The van der Waals surface area contributed by atoms with Crippen LogP contribution in [0.1, 0.15) is 27.2 Å². The average molecular weight is 267 g/mol. The fourth-order valence-electron chi connectivity index (χ4n) is 1.44. The summed E-state index contributed by atoms with van der Waals surface area (Å²) in [7, 11) is -3.56. The van der Waals surface area contributed by atoms with Gasteiger partial charge in [-0.25, -0.2) is 4.57 Å². The maximum atomic E-state index is 12.3. The molecule has 8 heteroatoms. The van der Waals surface area contributed by atoms with Crippen LogP contribution >= 0.6 is 7.60 Å². The van der Waals surface area contributed by atoms with Gasteiger partial charge in [-0.2, -0.15) is 0 Å². The van der Waals surface area contributed by atoms with E-state index in [-0.39, 0.29) is 30.0 Å². The largest absolute Gasteiger partial charge is 0.426 e. The summed E-state index contributed by atoms with van der Waals surface area (Å²) in [5.74, 6) is 0. The molecule has 0 fully saturated rings. The van der Waals surface area contributed by atoms with Gasteiger partial charge >= 0.3 is 13.0 Å². The second-order valence-corrected chi connectivity index (χ2v) is 5.23. The molecule has 1 rings (SSSR count). The van der Waals surface area contributed by atoms with Crippen molar-refractivity contribution in [1.82, 2.24) is 0 Å². The van der Waals surface area contributed by atoms with Crippen LogP contribution in [0.15, 0.2) is 0 Å². The van der Waals surface area contributed by atoms with Crippen molar-refractivity contribution in [3.8, 4) is 0 Å². The summed E-state index contributed by atoms with van der Waals surface area (Å²) in [5.41, 5.74) is -0.0420. The molecule has 0 bridgehead atoms. The van der Waals surface area contributed by atoms with E-state index in [1.165, 1.54) is 0 Å².